The largest absolute Gasteiger partial charge is 0.456 e. The minimum absolute atomic E-state index is 0.144. The molecule has 4 heteroatoms. The van der Waals surface area contributed by atoms with Crippen molar-refractivity contribution < 1.29 is 4.42 Å². The van der Waals surface area contributed by atoms with E-state index in [1.807, 2.05) is 18.2 Å². The molecule has 0 fully saturated rings. The molecule has 0 bridgehead atoms. The molecule has 0 saturated heterocycles. The van der Waals surface area contributed by atoms with Gasteiger partial charge in [-0.2, -0.15) is 0 Å². The Morgan fingerprint density at radius 1 is 0.362 bits per heavy atom. The normalized spacial score (nSPS) is 12.8. The highest BCUT2D eigenvalue weighted by molar-refractivity contribution is 6.13. The average Bonchev–Trinajstić information content (AvgIpc) is 3.78. The van der Waals surface area contributed by atoms with Crippen LogP contribution in [0, 0.1) is 0 Å². The summed E-state index contributed by atoms with van der Waals surface area (Å²) >= 11 is 0. The Morgan fingerprint density at radius 2 is 0.879 bits per heavy atom. The number of nitrogens with zero attached hydrogens (tertiary/aromatic N) is 3. The van der Waals surface area contributed by atoms with E-state index < -0.39 is 0 Å². The molecule has 58 heavy (non-hydrogen) atoms. The van der Waals surface area contributed by atoms with Crippen molar-refractivity contribution in [1.29, 1.82) is 0 Å². The highest BCUT2D eigenvalue weighted by Gasteiger charge is 2.37. The lowest BCUT2D eigenvalue weighted by molar-refractivity contribution is 0.662. The second-order valence-corrected chi connectivity index (χ2v) is 15.6. The van der Waals surface area contributed by atoms with Gasteiger partial charge in [-0.25, -0.2) is 15.0 Å². The predicted molar refractivity (Wildman–Crippen MR) is 237 cm³/mol. The van der Waals surface area contributed by atoms with Crippen LogP contribution in [0.1, 0.15) is 25.0 Å². The zero-order chi connectivity index (χ0) is 38.8. The number of furan rings is 1. The number of fused-ring (bicyclic) bond motifs is 6. The summed E-state index contributed by atoms with van der Waals surface area (Å²) in [5, 5.41) is 2.15. The summed E-state index contributed by atoms with van der Waals surface area (Å²) in [6.45, 7) is 4.67. The molecule has 0 N–H and O–H groups in total. The maximum atomic E-state index is 6.53. The third-order valence-electron chi connectivity index (χ3n) is 11.7. The summed E-state index contributed by atoms with van der Waals surface area (Å²) in [5.41, 5.74) is 16.4. The molecule has 274 valence electrons. The van der Waals surface area contributed by atoms with Gasteiger partial charge in [-0.3, -0.25) is 0 Å². The maximum Gasteiger partial charge on any atom is 0.164 e. The number of rotatable bonds is 6. The van der Waals surface area contributed by atoms with Gasteiger partial charge in [-0.15, -0.1) is 0 Å². The van der Waals surface area contributed by atoms with Crippen molar-refractivity contribution in [2.45, 2.75) is 19.3 Å². The molecule has 10 aromatic rings. The molecule has 8 aromatic carbocycles. The van der Waals surface area contributed by atoms with Crippen LogP contribution in [0.2, 0.25) is 0 Å². The van der Waals surface area contributed by atoms with Gasteiger partial charge in [-0.1, -0.05) is 178 Å². The molecule has 1 aliphatic rings. The van der Waals surface area contributed by atoms with E-state index in [2.05, 4.69) is 184 Å². The first kappa shape index (κ1) is 33.9. The molecule has 0 spiro atoms. The average molecular weight is 744 g/mol. The fraction of sp³-hybridized carbons (Fsp3) is 0.0556. The highest BCUT2D eigenvalue weighted by atomic mass is 16.3. The van der Waals surface area contributed by atoms with Crippen LogP contribution < -0.4 is 0 Å². The Labute approximate surface area is 337 Å². The van der Waals surface area contributed by atoms with Crippen molar-refractivity contribution in [2.75, 3.05) is 0 Å². The zero-order valence-electron chi connectivity index (χ0n) is 32.1. The lowest BCUT2D eigenvalue weighted by atomic mass is 9.79. The third kappa shape index (κ3) is 5.56. The van der Waals surface area contributed by atoms with Gasteiger partial charge in [0.15, 0.2) is 17.5 Å². The summed E-state index contributed by atoms with van der Waals surface area (Å²) in [7, 11) is 0. The first-order chi connectivity index (χ1) is 28.5. The third-order valence-corrected chi connectivity index (χ3v) is 11.7. The van der Waals surface area contributed by atoms with Crippen LogP contribution in [0.5, 0.6) is 0 Å². The minimum Gasteiger partial charge on any atom is -0.456 e. The molecule has 2 aromatic heterocycles. The summed E-state index contributed by atoms with van der Waals surface area (Å²) in [6.07, 6.45) is 0. The Bertz CT molecular complexity index is 3180. The van der Waals surface area contributed by atoms with Crippen LogP contribution in [0.25, 0.3) is 101 Å². The molecular weight excluding hydrogens is 707 g/mol. The Balaban J connectivity index is 1.05. The van der Waals surface area contributed by atoms with Crippen molar-refractivity contribution in [1.82, 2.24) is 15.0 Å². The van der Waals surface area contributed by atoms with Gasteiger partial charge < -0.3 is 4.42 Å². The van der Waals surface area contributed by atoms with E-state index >= 15 is 0 Å². The van der Waals surface area contributed by atoms with E-state index in [1.165, 1.54) is 27.8 Å². The molecule has 0 unspecified atom stereocenters. The van der Waals surface area contributed by atoms with Crippen molar-refractivity contribution in [3.05, 3.63) is 199 Å². The highest BCUT2D eigenvalue weighted by Crippen LogP contribution is 2.52. The Kier molecular flexibility index (Phi) is 7.80. The van der Waals surface area contributed by atoms with Crippen LogP contribution in [-0.4, -0.2) is 15.0 Å². The molecule has 4 nitrogen and oxygen atoms in total. The van der Waals surface area contributed by atoms with Gasteiger partial charge >= 0.3 is 0 Å². The summed E-state index contributed by atoms with van der Waals surface area (Å²) in [5.74, 6) is 1.80. The van der Waals surface area contributed by atoms with Crippen LogP contribution in [0.3, 0.4) is 0 Å². The molecule has 1 aliphatic carbocycles. The van der Waals surface area contributed by atoms with Gasteiger partial charge in [-0.05, 0) is 79.9 Å². The lowest BCUT2D eigenvalue weighted by Crippen LogP contribution is -2.16. The second-order valence-electron chi connectivity index (χ2n) is 15.6. The molecule has 0 atom stereocenters. The van der Waals surface area contributed by atoms with E-state index in [4.69, 9.17) is 19.4 Å². The minimum atomic E-state index is -0.144. The van der Waals surface area contributed by atoms with Gasteiger partial charge in [0.1, 0.15) is 11.2 Å². The SMILES string of the molecule is CC1(C)c2ccccc2-c2cccc(-c3cccc(-c4nc(-c5ccc(-c6ccccc6)cc5)nc(-c5ccc6c(c5)oc5cccc(-c7ccccc7)c56)n4)c3)c21. The first-order valence-electron chi connectivity index (χ1n) is 19.8. The van der Waals surface area contributed by atoms with Crippen molar-refractivity contribution in [3.8, 4) is 78.7 Å². The van der Waals surface area contributed by atoms with Gasteiger partial charge in [0.25, 0.3) is 0 Å². The molecule has 11 rings (SSSR count). The standard InChI is InChI=1S/C54H37N3O/c1-54(2)46-24-10-9-20-43(46)44-23-12-22-42(50(44)54)38-18-11-19-39(32-38)52-55-51(37-28-26-35(27-29-37)34-14-5-3-6-15-34)56-53(57-52)40-30-31-45-48(33-40)58-47-25-13-21-41(49(45)47)36-16-7-4-8-17-36/h3-33H,1-2H3. The number of hydrogen-bond donors (Lipinski definition) is 0. The predicted octanol–water partition coefficient (Wildman–Crippen LogP) is 14.1. The van der Waals surface area contributed by atoms with Crippen molar-refractivity contribution in [3.63, 3.8) is 0 Å². The lowest BCUT2D eigenvalue weighted by Gasteiger charge is -2.24. The van der Waals surface area contributed by atoms with Crippen molar-refractivity contribution >= 4 is 21.9 Å². The van der Waals surface area contributed by atoms with E-state index in [1.54, 1.807) is 0 Å². The number of aromatic nitrogens is 3. The van der Waals surface area contributed by atoms with E-state index in [0.717, 1.165) is 66.4 Å². The fourth-order valence-electron chi connectivity index (χ4n) is 8.94. The second kappa shape index (κ2) is 13.4. The van der Waals surface area contributed by atoms with E-state index in [-0.39, 0.29) is 5.41 Å². The van der Waals surface area contributed by atoms with Crippen LogP contribution in [0.15, 0.2) is 192 Å². The molecule has 0 aliphatic heterocycles. The maximum absolute atomic E-state index is 6.53. The summed E-state index contributed by atoms with van der Waals surface area (Å²) in [4.78, 5) is 15.5. The van der Waals surface area contributed by atoms with Crippen molar-refractivity contribution in [2.24, 2.45) is 0 Å². The molecule has 2 heterocycles. The molecule has 0 amide bonds. The van der Waals surface area contributed by atoms with Gasteiger partial charge in [0.2, 0.25) is 0 Å². The fourth-order valence-corrected chi connectivity index (χ4v) is 8.94. The zero-order valence-corrected chi connectivity index (χ0v) is 32.1. The first-order valence-corrected chi connectivity index (χ1v) is 19.8. The van der Waals surface area contributed by atoms with E-state index in [9.17, 15) is 0 Å². The smallest absolute Gasteiger partial charge is 0.164 e. The van der Waals surface area contributed by atoms with E-state index in [0.29, 0.717) is 17.5 Å². The summed E-state index contributed by atoms with van der Waals surface area (Å²) < 4.78 is 6.53. The summed E-state index contributed by atoms with van der Waals surface area (Å²) in [6, 6.07) is 66.0. The number of benzene rings is 8. The van der Waals surface area contributed by atoms with Crippen LogP contribution in [-0.2, 0) is 5.41 Å². The monoisotopic (exact) mass is 743 g/mol. The molecular formula is C54H37N3O. The molecule has 0 radical (unpaired) electrons. The molecule has 0 saturated carbocycles. The Morgan fingerprint density at radius 3 is 1.66 bits per heavy atom. The quantitative estimate of drug-likeness (QED) is 0.170. The topological polar surface area (TPSA) is 51.8 Å². The number of hydrogen-bond acceptors (Lipinski definition) is 4. The Hall–Kier alpha value is -7.43. The van der Waals surface area contributed by atoms with Crippen LogP contribution in [0.4, 0.5) is 0 Å². The van der Waals surface area contributed by atoms with Gasteiger partial charge in [0.05, 0.1) is 0 Å². The van der Waals surface area contributed by atoms with Crippen LogP contribution >= 0.6 is 0 Å². The van der Waals surface area contributed by atoms with Gasteiger partial charge in [0, 0.05) is 32.9 Å².